The highest BCUT2D eigenvalue weighted by Crippen LogP contribution is 2.23. The van der Waals surface area contributed by atoms with Gasteiger partial charge in [0.2, 0.25) is 0 Å². The standard InChI is InChI=1S/C22H25ClN2O5S/c23-20-7-6-19(31-20)18(26)5-8-22(28)30-15-21(27)24-13-16-3-1-2-4-17(16)14-25-9-11-29-12-10-25/h1-4,6-7H,5,8-15H2,(H,24,27). The summed E-state index contributed by atoms with van der Waals surface area (Å²) in [5.74, 6) is -1.14. The number of morpholine rings is 1. The molecular formula is C22H25ClN2O5S. The van der Waals surface area contributed by atoms with Gasteiger partial charge in [-0.1, -0.05) is 35.9 Å². The molecule has 1 aromatic heterocycles. The number of hydrogen-bond donors (Lipinski definition) is 1. The predicted octanol–water partition coefficient (Wildman–Crippen LogP) is 3.06. The normalized spacial score (nSPS) is 14.2. The molecule has 1 aromatic carbocycles. The van der Waals surface area contributed by atoms with Gasteiger partial charge in [0.1, 0.15) is 0 Å². The first-order valence-corrected chi connectivity index (χ1v) is 11.3. The highest BCUT2D eigenvalue weighted by atomic mass is 35.5. The topological polar surface area (TPSA) is 84.9 Å². The molecule has 0 saturated carbocycles. The largest absolute Gasteiger partial charge is 0.456 e. The van der Waals surface area contributed by atoms with E-state index < -0.39 is 5.97 Å². The van der Waals surface area contributed by atoms with Crippen molar-refractivity contribution >= 4 is 40.6 Å². The first kappa shape index (κ1) is 23.4. The number of amides is 1. The van der Waals surface area contributed by atoms with Gasteiger partial charge in [-0.15, -0.1) is 11.3 Å². The van der Waals surface area contributed by atoms with Gasteiger partial charge in [0.25, 0.3) is 5.91 Å². The zero-order valence-corrected chi connectivity index (χ0v) is 18.7. The average molecular weight is 465 g/mol. The molecule has 0 radical (unpaired) electrons. The summed E-state index contributed by atoms with van der Waals surface area (Å²) in [4.78, 5) is 38.7. The Bertz CT molecular complexity index is 911. The van der Waals surface area contributed by atoms with E-state index in [4.69, 9.17) is 21.1 Å². The van der Waals surface area contributed by atoms with E-state index in [0.29, 0.717) is 15.8 Å². The molecular weight excluding hydrogens is 440 g/mol. The number of hydrogen-bond acceptors (Lipinski definition) is 7. The fraction of sp³-hybridized carbons (Fsp3) is 0.409. The number of esters is 1. The van der Waals surface area contributed by atoms with Crippen molar-refractivity contribution in [2.45, 2.75) is 25.9 Å². The van der Waals surface area contributed by atoms with E-state index in [0.717, 1.165) is 44.0 Å². The second-order valence-corrected chi connectivity index (χ2v) is 8.84. The molecule has 0 bridgehead atoms. The van der Waals surface area contributed by atoms with E-state index in [2.05, 4.69) is 16.3 Å². The van der Waals surface area contributed by atoms with Crippen LogP contribution < -0.4 is 5.32 Å². The molecule has 31 heavy (non-hydrogen) atoms. The Balaban J connectivity index is 1.38. The van der Waals surface area contributed by atoms with Crippen molar-refractivity contribution in [3.8, 4) is 0 Å². The van der Waals surface area contributed by atoms with E-state index in [-0.39, 0.29) is 31.1 Å². The van der Waals surface area contributed by atoms with Gasteiger partial charge in [0, 0.05) is 32.6 Å². The lowest BCUT2D eigenvalue weighted by molar-refractivity contribution is -0.148. The minimum absolute atomic E-state index is 0.0200. The van der Waals surface area contributed by atoms with Crippen LogP contribution in [0.4, 0.5) is 0 Å². The summed E-state index contributed by atoms with van der Waals surface area (Å²) >= 11 is 6.98. The lowest BCUT2D eigenvalue weighted by Crippen LogP contribution is -2.36. The summed E-state index contributed by atoms with van der Waals surface area (Å²) in [5.41, 5.74) is 2.17. The van der Waals surface area contributed by atoms with Crippen LogP contribution in [0.25, 0.3) is 0 Å². The van der Waals surface area contributed by atoms with Crippen LogP contribution in [0, 0.1) is 0 Å². The van der Waals surface area contributed by atoms with E-state index in [1.165, 1.54) is 11.3 Å². The van der Waals surface area contributed by atoms with Crippen molar-refractivity contribution in [3.05, 3.63) is 56.7 Å². The van der Waals surface area contributed by atoms with Crippen molar-refractivity contribution in [2.24, 2.45) is 0 Å². The Kier molecular flexibility index (Phi) is 9.02. The smallest absolute Gasteiger partial charge is 0.306 e. The number of ether oxygens (including phenoxy) is 2. The first-order valence-electron chi connectivity index (χ1n) is 10.1. The number of thiophene rings is 1. The molecule has 2 aromatic rings. The van der Waals surface area contributed by atoms with Gasteiger partial charge >= 0.3 is 5.97 Å². The van der Waals surface area contributed by atoms with Gasteiger partial charge in [-0.05, 0) is 23.3 Å². The number of carbonyl (C=O) groups excluding carboxylic acids is 3. The maximum absolute atomic E-state index is 12.1. The number of nitrogens with zero attached hydrogens (tertiary/aromatic N) is 1. The number of Topliss-reactive ketones (excluding diaryl/α,β-unsaturated/α-hetero) is 1. The van der Waals surface area contributed by atoms with Crippen molar-refractivity contribution < 1.29 is 23.9 Å². The molecule has 0 aliphatic carbocycles. The van der Waals surface area contributed by atoms with Crippen LogP contribution in [-0.2, 0) is 32.2 Å². The molecule has 2 heterocycles. The Morgan fingerprint density at radius 2 is 1.81 bits per heavy atom. The number of benzene rings is 1. The van der Waals surface area contributed by atoms with Crippen molar-refractivity contribution in [1.82, 2.24) is 10.2 Å². The summed E-state index contributed by atoms with van der Waals surface area (Å²) in [6.07, 6.45) is -0.0593. The number of halogens is 1. The summed E-state index contributed by atoms with van der Waals surface area (Å²) in [5, 5.41) is 2.79. The Hall–Kier alpha value is -2.26. The fourth-order valence-corrected chi connectivity index (χ4v) is 4.16. The molecule has 0 unspecified atom stereocenters. The highest BCUT2D eigenvalue weighted by Gasteiger charge is 2.15. The number of nitrogens with one attached hydrogen (secondary N) is 1. The summed E-state index contributed by atoms with van der Waals surface area (Å²) in [6.45, 7) is 4.02. The molecule has 0 spiro atoms. The maximum atomic E-state index is 12.1. The Labute approximate surface area is 190 Å². The fourth-order valence-electron chi connectivity index (χ4n) is 3.15. The molecule has 1 aliphatic heterocycles. The molecule has 7 nitrogen and oxygen atoms in total. The molecule has 1 saturated heterocycles. The van der Waals surface area contributed by atoms with Crippen LogP contribution in [0.2, 0.25) is 4.34 Å². The van der Waals surface area contributed by atoms with Crippen LogP contribution >= 0.6 is 22.9 Å². The summed E-state index contributed by atoms with van der Waals surface area (Å²) in [7, 11) is 0. The minimum Gasteiger partial charge on any atom is -0.456 e. The first-order chi connectivity index (χ1) is 15.0. The van der Waals surface area contributed by atoms with Gasteiger partial charge in [0.05, 0.1) is 28.8 Å². The zero-order valence-electron chi connectivity index (χ0n) is 17.1. The summed E-state index contributed by atoms with van der Waals surface area (Å²) < 4.78 is 10.9. The third-order valence-corrected chi connectivity index (χ3v) is 6.13. The van der Waals surface area contributed by atoms with Crippen LogP contribution in [0.15, 0.2) is 36.4 Å². The van der Waals surface area contributed by atoms with Gasteiger partial charge in [-0.25, -0.2) is 0 Å². The van der Waals surface area contributed by atoms with E-state index in [9.17, 15) is 14.4 Å². The predicted molar refractivity (Wildman–Crippen MR) is 118 cm³/mol. The second-order valence-electron chi connectivity index (χ2n) is 7.12. The third kappa shape index (κ3) is 7.74. The molecule has 1 aliphatic rings. The Morgan fingerprint density at radius 1 is 1.06 bits per heavy atom. The second kappa shape index (κ2) is 12.0. The number of rotatable bonds is 10. The van der Waals surface area contributed by atoms with E-state index in [1.807, 2.05) is 18.2 Å². The maximum Gasteiger partial charge on any atom is 0.306 e. The molecule has 1 N–H and O–H groups in total. The van der Waals surface area contributed by atoms with E-state index in [1.54, 1.807) is 12.1 Å². The highest BCUT2D eigenvalue weighted by molar-refractivity contribution is 7.18. The van der Waals surface area contributed by atoms with Crippen LogP contribution in [0.3, 0.4) is 0 Å². The number of ketones is 1. The monoisotopic (exact) mass is 464 g/mol. The lowest BCUT2D eigenvalue weighted by atomic mass is 10.1. The van der Waals surface area contributed by atoms with E-state index >= 15 is 0 Å². The summed E-state index contributed by atoms with van der Waals surface area (Å²) in [6, 6.07) is 11.2. The number of carbonyl (C=O) groups is 3. The molecule has 1 fully saturated rings. The van der Waals surface area contributed by atoms with Gasteiger partial charge in [-0.3, -0.25) is 19.3 Å². The van der Waals surface area contributed by atoms with Crippen molar-refractivity contribution in [3.63, 3.8) is 0 Å². The molecule has 9 heteroatoms. The van der Waals surface area contributed by atoms with Crippen LogP contribution in [0.5, 0.6) is 0 Å². The zero-order chi connectivity index (χ0) is 22.1. The molecule has 166 valence electrons. The Morgan fingerprint density at radius 3 is 2.52 bits per heavy atom. The SMILES string of the molecule is O=C(COC(=O)CCC(=O)c1ccc(Cl)s1)NCc1ccccc1CN1CCOCC1. The minimum atomic E-state index is -0.584. The van der Waals surface area contributed by atoms with Crippen molar-refractivity contribution in [1.29, 1.82) is 0 Å². The lowest BCUT2D eigenvalue weighted by Gasteiger charge is -2.27. The van der Waals surface area contributed by atoms with Gasteiger partial charge < -0.3 is 14.8 Å². The average Bonchev–Trinajstić information content (AvgIpc) is 3.22. The van der Waals surface area contributed by atoms with Crippen LogP contribution in [-0.4, -0.2) is 55.5 Å². The third-order valence-electron chi connectivity index (χ3n) is 4.86. The van der Waals surface area contributed by atoms with Gasteiger partial charge in [-0.2, -0.15) is 0 Å². The quantitative estimate of drug-likeness (QED) is 0.429. The van der Waals surface area contributed by atoms with Crippen LogP contribution in [0.1, 0.15) is 33.6 Å². The van der Waals surface area contributed by atoms with Gasteiger partial charge in [0.15, 0.2) is 12.4 Å². The molecule has 0 atom stereocenters. The molecule has 3 rings (SSSR count). The van der Waals surface area contributed by atoms with Crippen molar-refractivity contribution in [2.75, 3.05) is 32.9 Å². The molecule has 1 amide bonds.